The molecule has 2 rings (SSSR count). The molecule has 2 aromatic rings. The van der Waals surface area contributed by atoms with Crippen LogP contribution in [0.4, 0.5) is 0 Å². The zero-order chi connectivity index (χ0) is 12.1. The lowest BCUT2D eigenvalue weighted by atomic mass is 10.1. The molecule has 1 aromatic heterocycles. The van der Waals surface area contributed by atoms with Gasteiger partial charge in [-0.15, -0.1) is 0 Å². The van der Waals surface area contributed by atoms with Crippen LogP contribution >= 0.6 is 22.9 Å². The summed E-state index contributed by atoms with van der Waals surface area (Å²) in [7, 11) is 0. The van der Waals surface area contributed by atoms with E-state index >= 15 is 0 Å². The van der Waals surface area contributed by atoms with Crippen molar-refractivity contribution in [3.8, 4) is 0 Å². The zero-order valence-electron chi connectivity index (χ0n) is 9.87. The van der Waals surface area contributed by atoms with Crippen LogP contribution in [0.5, 0.6) is 0 Å². The van der Waals surface area contributed by atoms with E-state index in [2.05, 4.69) is 41.2 Å². The third-order valence-corrected chi connectivity index (χ3v) is 3.78. The van der Waals surface area contributed by atoms with Gasteiger partial charge in [0.1, 0.15) is 0 Å². The maximum absolute atomic E-state index is 6.17. The van der Waals surface area contributed by atoms with Gasteiger partial charge in [-0.3, -0.25) is 0 Å². The van der Waals surface area contributed by atoms with Crippen LogP contribution in [0.3, 0.4) is 0 Å². The van der Waals surface area contributed by atoms with Crippen molar-refractivity contribution >= 4 is 22.9 Å². The van der Waals surface area contributed by atoms with Crippen LogP contribution in [0.1, 0.15) is 16.7 Å². The fourth-order valence-corrected chi connectivity index (χ4v) is 2.69. The molecule has 0 aliphatic heterocycles. The second-order valence-electron chi connectivity index (χ2n) is 4.15. The van der Waals surface area contributed by atoms with E-state index in [1.54, 1.807) is 11.3 Å². The monoisotopic (exact) mass is 265 g/mol. The van der Waals surface area contributed by atoms with Gasteiger partial charge in [0.2, 0.25) is 0 Å². The summed E-state index contributed by atoms with van der Waals surface area (Å²) < 4.78 is 0. The van der Waals surface area contributed by atoms with Crippen LogP contribution in [0, 0.1) is 6.92 Å². The minimum Gasteiger partial charge on any atom is -0.312 e. The summed E-state index contributed by atoms with van der Waals surface area (Å²) in [5, 5.41) is 8.59. The second kappa shape index (κ2) is 6.20. The molecule has 0 unspecified atom stereocenters. The first-order valence-electron chi connectivity index (χ1n) is 5.72. The molecule has 0 radical (unpaired) electrons. The molecule has 0 saturated heterocycles. The van der Waals surface area contributed by atoms with Crippen LogP contribution in [-0.4, -0.2) is 6.54 Å². The van der Waals surface area contributed by atoms with E-state index in [9.17, 15) is 0 Å². The Morgan fingerprint density at radius 2 is 2.18 bits per heavy atom. The first-order chi connectivity index (χ1) is 8.25. The van der Waals surface area contributed by atoms with E-state index in [0.717, 1.165) is 24.5 Å². The fraction of sp³-hybridized carbons (Fsp3) is 0.286. The van der Waals surface area contributed by atoms with Crippen LogP contribution < -0.4 is 5.32 Å². The highest BCUT2D eigenvalue weighted by molar-refractivity contribution is 7.07. The lowest BCUT2D eigenvalue weighted by Gasteiger charge is -2.07. The molecule has 0 atom stereocenters. The van der Waals surface area contributed by atoms with Crippen molar-refractivity contribution in [2.45, 2.75) is 19.9 Å². The third kappa shape index (κ3) is 3.84. The standard InChI is InChI=1S/C14H16ClNS/c1-11-2-3-13(14(15)8-11)9-16-6-4-12-5-7-17-10-12/h2-3,5,7-8,10,16H,4,6,9H2,1H3. The summed E-state index contributed by atoms with van der Waals surface area (Å²) in [5.41, 5.74) is 3.78. The number of hydrogen-bond donors (Lipinski definition) is 1. The van der Waals surface area contributed by atoms with Crippen molar-refractivity contribution in [3.63, 3.8) is 0 Å². The number of nitrogens with one attached hydrogen (secondary N) is 1. The maximum Gasteiger partial charge on any atom is 0.0453 e. The maximum atomic E-state index is 6.17. The van der Waals surface area contributed by atoms with Gasteiger partial charge in [-0.2, -0.15) is 11.3 Å². The van der Waals surface area contributed by atoms with Gasteiger partial charge in [-0.25, -0.2) is 0 Å². The first kappa shape index (κ1) is 12.6. The largest absolute Gasteiger partial charge is 0.312 e. The minimum atomic E-state index is 0.837. The topological polar surface area (TPSA) is 12.0 Å². The Labute approximate surface area is 111 Å². The first-order valence-corrected chi connectivity index (χ1v) is 7.04. The number of thiophene rings is 1. The van der Waals surface area contributed by atoms with Crippen molar-refractivity contribution in [1.82, 2.24) is 5.32 Å². The van der Waals surface area contributed by atoms with Crippen molar-refractivity contribution in [1.29, 1.82) is 0 Å². The molecule has 0 aliphatic carbocycles. The summed E-state index contributed by atoms with van der Waals surface area (Å²) in [4.78, 5) is 0. The Kier molecular flexibility index (Phi) is 4.60. The SMILES string of the molecule is Cc1ccc(CNCCc2ccsc2)c(Cl)c1. The average Bonchev–Trinajstić information content (AvgIpc) is 2.79. The molecular formula is C14H16ClNS. The molecule has 3 heteroatoms. The zero-order valence-corrected chi connectivity index (χ0v) is 11.4. The van der Waals surface area contributed by atoms with E-state index in [0.29, 0.717) is 0 Å². The summed E-state index contributed by atoms with van der Waals surface area (Å²) in [6, 6.07) is 8.37. The molecule has 1 N–H and O–H groups in total. The summed E-state index contributed by atoms with van der Waals surface area (Å²) in [6.45, 7) is 3.88. The predicted octanol–water partition coefficient (Wildman–Crippen LogP) is 4.04. The molecule has 0 aliphatic rings. The van der Waals surface area contributed by atoms with E-state index in [-0.39, 0.29) is 0 Å². The summed E-state index contributed by atoms with van der Waals surface area (Å²) >= 11 is 7.92. The molecule has 0 bridgehead atoms. The quantitative estimate of drug-likeness (QED) is 0.805. The molecule has 90 valence electrons. The number of benzene rings is 1. The van der Waals surface area contributed by atoms with Crippen LogP contribution in [-0.2, 0) is 13.0 Å². The summed E-state index contributed by atoms with van der Waals surface area (Å²) in [6.07, 6.45) is 1.08. The van der Waals surface area contributed by atoms with E-state index in [1.165, 1.54) is 16.7 Å². The van der Waals surface area contributed by atoms with Crippen LogP contribution in [0.15, 0.2) is 35.0 Å². The van der Waals surface area contributed by atoms with E-state index in [1.807, 2.05) is 6.07 Å². The Bertz CT molecular complexity index is 465. The van der Waals surface area contributed by atoms with E-state index < -0.39 is 0 Å². The van der Waals surface area contributed by atoms with Gasteiger partial charge >= 0.3 is 0 Å². The molecule has 1 heterocycles. The highest BCUT2D eigenvalue weighted by atomic mass is 35.5. The molecule has 0 amide bonds. The minimum absolute atomic E-state index is 0.837. The molecule has 1 nitrogen and oxygen atoms in total. The van der Waals surface area contributed by atoms with Crippen LogP contribution in [0.2, 0.25) is 5.02 Å². The number of halogens is 1. The third-order valence-electron chi connectivity index (χ3n) is 2.69. The Hall–Kier alpha value is -0.830. The smallest absolute Gasteiger partial charge is 0.0453 e. The Balaban J connectivity index is 1.78. The normalized spacial score (nSPS) is 10.7. The molecule has 17 heavy (non-hydrogen) atoms. The van der Waals surface area contributed by atoms with Gasteiger partial charge in [0, 0.05) is 11.6 Å². The predicted molar refractivity (Wildman–Crippen MR) is 75.9 cm³/mol. The van der Waals surface area contributed by atoms with Crippen molar-refractivity contribution in [3.05, 3.63) is 56.7 Å². The lowest BCUT2D eigenvalue weighted by Crippen LogP contribution is -2.16. The second-order valence-corrected chi connectivity index (χ2v) is 5.34. The molecule has 0 fully saturated rings. The van der Waals surface area contributed by atoms with Crippen molar-refractivity contribution in [2.75, 3.05) is 6.54 Å². The molecule has 1 aromatic carbocycles. The fourth-order valence-electron chi connectivity index (χ4n) is 1.69. The molecular weight excluding hydrogens is 250 g/mol. The van der Waals surface area contributed by atoms with Crippen molar-refractivity contribution in [2.24, 2.45) is 0 Å². The Morgan fingerprint density at radius 1 is 1.29 bits per heavy atom. The highest BCUT2D eigenvalue weighted by Crippen LogP contribution is 2.17. The van der Waals surface area contributed by atoms with Gasteiger partial charge in [0.25, 0.3) is 0 Å². The van der Waals surface area contributed by atoms with Crippen LogP contribution in [0.25, 0.3) is 0 Å². The van der Waals surface area contributed by atoms with Gasteiger partial charge in [-0.05, 0) is 59.5 Å². The molecule has 0 spiro atoms. The van der Waals surface area contributed by atoms with Gasteiger partial charge < -0.3 is 5.32 Å². The summed E-state index contributed by atoms with van der Waals surface area (Å²) in [5.74, 6) is 0. The highest BCUT2D eigenvalue weighted by Gasteiger charge is 2.00. The lowest BCUT2D eigenvalue weighted by molar-refractivity contribution is 0.688. The van der Waals surface area contributed by atoms with E-state index in [4.69, 9.17) is 11.6 Å². The number of aryl methyl sites for hydroxylation is 1. The number of rotatable bonds is 5. The Morgan fingerprint density at radius 3 is 2.88 bits per heavy atom. The average molecular weight is 266 g/mol. The van der Waals surface area contributed by atoms with Crippen molar-refractivity contribution < 1.29 is 0 Å². The van der Waals surface area contributed by atoms with Gasteiger partial charge in [-0.1, -0.05) is 23.7 Å². The van der Waals surface area contributed by atoms with Gasteiger partial charge in [0.05, 0.1) is 0 Å². The molecule has 0 saturated carbocycles. The number of hydrogen-bond acceptors (Lipinski definition) is 2. The van der Waals surface area contributed by atoms with Gasteiger partial charge in [0.15, 0.2) is 0 Å².